The molecule has 0 aliphatic rings. The lowest BCUT2D eigenvalue weighted by atomic mass is 9.90. The zero-order chi connectivity index (χ0) is 13.5. The summed E-state index contributed by atoms with van der Waals surface area (Å²) in [5, 5.41) is 10.1. The van der Waals surface area contributed by atoms with E-state index in [0.29, 0.717) is 5.56 Å². The molecule has 2 heteroatoms. The Balaban J connectivity index is 2.77. The van der Waals surface area contributed by atoms with Gasteiger partial charge in [0.25, 0.3) is 0 Å². The fraction of sp³-hybridized carbons (Fsp3) is 0.562. The fourth-order valence-corrected chi connectivity index (χ4v) is 2.24. The van der Waals surface area contributed by atoms with Crippen LogP contribution >= 0.6 is 0 Å². The van der Waals surface area contributed by atoms with Gasteiger partial charge in [-0.15, -0.1) is 0 Å². The maximum Gasteiger partial charge on any atom is 0.191 e. The molecule has 0 heterocycles. The van der Waals surface area contributed by atoms with Crippen LogP contribution < -0.4 is 0 Å². The molecule has 0 saturated heterocycles. The summed E-state index contributed by atoms with van der Waals surface area (Å²) in [6, 6.07) is 7.63. The Labute approximate surface area is 110 Å². The topological polar surface area (TPSA) is 37.3 Å². The van der Waals surface area contributed by atoms with Crippen LogP contribution in [-0.2, 0) is 6.42 Å². The average Bonchev–Trinajstić information content (AvgIpc) is 2.40. The highest BCUT2D eigenvalue weighted by atomic mass is 16.3. The molecule has 1 N–H and O–H groups in total. The number of hydrogen-bond acceptors (Lipinski definition) is 2. The third kappa shape index (κ3) is 3.67. The van der Waals surface area contributed by atoms with Gasteiger partial charge in [-0.25, -0.2) is 0 Å². The third-order valence-electron chi connectivity index (χ3n) is 3.54. The van der Waals surface area contributed by atoms with E-state index in [2.05, 4.69) is 6.92 Å². The van der Waals surface area contributed by atoms with Gasteiger partial charge in [-0.05, 0) is 17.9 Å². The molecule has 0 aliphatic heterocycles. The van der Waals surface area contributed by atoms with Crippen molar-refractivity contribution in [2.75, 3.05) is 0 Å². The Morgan fingerprint density at radius 3 is 2.11 bits per heavy atom. The van der Waals surface area contributed by atoms with Gasteiger partial charge in [-0.1, -0.05) is 64.3 Å². The number of Topliss-reactive ketones (excluding diaryl/α,β-unsaturated/α-hetero) is 1. The smallest absolute Gasteiger partial charge is 0.191 e. The Bertz CT molecular complexity index is 363. The molecule has 0 amide bonds. The molecule has 0 radical (unpaired) electrons. The lowest BCUT2D eigenvalue weighted by Gasteiger charge is -2.18. The van der Waals surface area contributed by atoms with E-state index in [1.165, 1.54) is 5.56 Å². The first kappa shape index (κ1) is 14.9. The second kappa shape index (κ2) is 7.32. The van der Waals surface area contributed by atoms with Gasteiger partial charge in [-0.3, -0.25) is 4.79 Å². The molecule has 2 nitrogen and oxygen atoms in total. The second-order valence-corrected chi connectivity index (χ2v) is 4.83. The van der Waals surface area contributed by atoms with Crippen LogP contribution in [0.2, 0.25) is 0 Å². The van der Waals surface area contributed by atoms with Crippen molar-refractivity contribution in [3.05, 3.63) is 35.4 Å². The van der Waals surface area contributed by atoms with Crippen LogP contribution in [0.1, 0.15) is 56.0 Å². The summed E-state index contributed by atoms with van der Waals surface area (Å²) in [5.74, 6) is -0.0837. The number of carbonyl (C=O) groups is 1. The minimum atomic E-state index is -0.864. The Kier molecular flexibility index (Phi) is 6.06. The van der Waals surface area contributed by atoms with E-state index < -0.39 is 6.10 Å². The Hall–Kier alpha value is -1.15. The van der Waals surface area contributed by atoms with Crippen LogP contribution in [0.5, 0.6) is 0 Å². The quantitative estimate of drug-likeness (QED) is 0.748. The lowest BCUT2D eigenvalue weighted by molar-refractivity contribution is 0.0588. The summed E-state index contributed by atoms with van der Waals surface area (Å²) in [6.45, 7) is 6.15. The van der Waals surface area contributed by atoms with E-state index in [0.717, 1.165) is 25.7 Å². The number of aryl methyl sites for hydroxylation is 1. The van der Waals surface area contributed by atoms with Crippen LogP contribution in [0, 0.1) is 5.92 Å². The number of hydrogen-bond donors (Lipinski definition) is 1. The van der Waals surface area contributed by atoms with E-state index >= 15 is 0 Å². The van der Waals surface area contributed by atoms with Crippen molar-refractivity contribution in [2.45, 2.75) is 52.6 Å². The molecule has 100 valence electrons. The average molecular weight is 248 g/mol. The number of carbonyl (C=O) groups excluding carboxylic acids is 1. The van der Waals surface area contributed by atoms with Crippen LogP contribution in [-0.4, -0.2) is 17.0 Å². The van der Waals surface area contributed by atoms with Crippen molar-refractivity contribution in [2.24, 2.45) is 5.92 Å². The standard InChI is InChI=1S/C16H24O2/c1-4-7-12-8-10-14(11-9-12)16(18)15(17)13(5-2)6-3/h8-11,13,15,17H,4-7H2,1-3H3. The Morgan fingerprint density at radius 2 is 1.67 bits per heavy atom. The molecule has 18 heavy (non-hydrogen) atoms. The summed E-state index contributed by atoms with van der Waals surface area (Å²) in [5.41, 5.74) is 1.86. The predicted octanol–water partition coefficient (Wildman–Crippen LogP) is 3.62. The van der Waals surface area contributed by atoms with Gasteiger partial charge < -0.3 is 5.11 Å². The first-order valence-corrected chi connectivity index (χ1v) is 6.95. The van der Waals surface area contributed by atoms with Crippen LogP contribution in [0.3, 0.4) is 0 Å². The third-order valence-corrected chi connectivity index (χ3v) is 3.54. The molecule has 0 aliphatic carbocycles. The second-order valence-electron chi connectivity index (χ2n) is 4.83. The minimum Gasteiger partial charge on any atom is -0.385 e. The SMILES string of the molecule is CCCc1ccc(C(=O)C(O)C(CC)CC)cc1. The largest absolute Gasteiger partial charge is 0.385 e. The van der Waals surface area contributed by atoms with Crippen molar-refractivity contribution in [3.8, 4) is 0 Å². The van der Waals surface area contributed by atoms with Gasteiger partial charge in [0, 0.05) is 5.56 Å². The van der Waals surface area contributed by atoms with E-state index in [1.807, 2.05) is 38.1 Å². The van der Waals surface area contributed by atoms with E-state index in [4.69, 9.17) is 0 Å². The number of aliphatic hydroxyl groups is 1. The molecule has 0 fully saturated rings. The number of ketones is 1. The molecular formula is C16H24O2. The molecule has 0 saturated carbocycles. The summed E-state index contributed by atoms with van der Waals surface area (Å²) >= 11 is 0. The molecule has 1 aromatic rings. The fourth-order valence-electron chi connectivity index (χ4n) is 2.24. The molecule has 0 spiro atoms. The number of aliphatic hydroxyl groups excluding tert-OH is 1. The van der Waals surface area contributed by atoms with E-state index in [9.17, 15) is 9.90 Å². The maximum absolute atomic E-state index is 12.1. The number of benzene rings is 1. The summed E-state index contributed by atoms with van der Waals surface area (Å²) in [6.07, 6.45) is 2.93. The summed E-state index contributed by atoms with van der Waals surface area (Å²) in [7, 11) is 0. The van der Waals surface area contributed by atoms with E-state index in [-0.39, 0.29) is 11.7 Å². The van der Waals surface area contributed by atoms with E-state index in [1.54, 1.807) is 0 Å². The number of rotatable bonds is 7. The molecule has 0 bridgehead atoms. The van der Waals surface area contributed by atoms with Crippen LogP contribution in [0.25, 0.3) is 0 Å². The van der Waals surface area contributed by atoms with Crippen molar-refractivity contribution in [1.82, 2.24) is 0 Å². The summed E-state index contributed by atoms with van der Waals surface area (Å²) in [4.78, 5) is 12.1. The van der Waals surface area contributed by atoms with Crippen LogP contribution in [0.4, 0.5) is 0 Å². The molecule has 1 unspecified atom stereocenters. The van der Waals surface area contributed by atoms with Crippen molar-refractivity contribution >= 4 is 5.78 Å². The highest BCUT2D eigenvalue weighted by Gasteiger charge is 2.24. The van der Waals surface area contributed by atoms with Gasteiger partial charge in [0.15, 0.2) is 5.78 Å². The minimum absolute atomic E-state index is 0.0628. The zero-order valence-corrected chi connectivity index (χ0v) is 11.6. The predicted molar refractivity (Wildman–Crippen MR) is 74.8 cm³/mol. The van der Waals surface area contributed by atoms with Gasteiger partial charge in [-0.2, -0.15) is 0 Å². The van der Waals surface area contributed by atoms with Crippen molar-refractivity contribution < 1.29 is 9.90 Å². The van der Waals surface area contributed by atoms with Gasteiger partial charge in [0.05, 0.1) is 0 Å². The van der Waals surface area contributed by atoms with Crippen molar-refractivity contribution in [3.63, 3.8) is 0 Å². The van der Waals surface area contributed by atoms with Gasteiger partial charge in [0.2, 0.25) is 0 Å². The van der Waals surface area contributed by atoms with Crippen LogP contribution in [0.15, 0.2) is 24.3 Å². The maximum atomic E-state index is 12.1. The van der Waals surface area contributed by atoms with Gasteiger partial charge >= 0.3 is 0 Å². The monoisotopic (exact) mass is 248 g/mol. The molecule has 1 aromatic carbocycles. The Morgan fingerprint density at radius 1 is 1.11 bits per heavy atom. The highest BCUT2D eigenvalue weighted by Crippen LogP contribution is 2.18. The molecular weight excluding hydrogens is 224 g/mol. The molecule has 1 rings (SSSR count). The normalized spacial score (nSPS) is 12.7. The molecule has 0 aromatic heterocycles. The summed E-state index contributed by atoms with van der Waals surface area (Å²) < 4.78 is 0. The first-order valence-electron chi connectivity index (χ1n) is 6.95. The lowest BCUT2D eigenvalue weighted by Crippen LogP contribution is -2.29. The van der Waals surface area contributed by atoms with Gasteiger partial charge in [0.1, 0.15) is 6.10 Å². The van der Waals surface area contributed by atoms with Crippen molar-refractivity contribution in [1.29, 1.82) is 0 Å². The molecule has 1 atom stereocenters. The highest BCUT2D eigenvalue weighted by molar-refractivity contribution is 5.99. The first-order chi connectivity index (χ1) is 8.63. The zero-order valence-electron chi connectivity index (χ0n) is 11.6.